The SMILES string of the molecule is Cc1cc(CNc2ccc(C(=O)N(C)C)cn2)c2[nH]c(C)c(C)c2c1. The van der Waals surface area contributed by atoms with Crippen molar-refractivity contribution >= 4 is 22.6 Å². The number of hydrogen-bond donors (Lipinski definition) is 2. The van der Waals surface area contributed by atoms with Crippen LogP contribution >= 0.6 is 0 Å². The third-order valence-corrected chi connectivity index (χ3v) is 4.52. The van der Waals surface area contributed by atoms with E-state index in [1.165, 1.54) is 33.3 Å². The fourth-order valence-electron chi connectivity index (χ4n) is 3.00. The number of benzene rings is 1. The largest absolute Gasteiger partial charge is 0.366 e. The van der Waals surface area contributed by atoms with Crippen molar-refractivity contribution in [3.05, 3.63) is 58.4 Å². The molecule has 0 spiro atoms. The number of aromatic nitrogens is 2. The molecule has 130 valence electrons. The van der Waals surface area contributed by atoms with Gasteiger partial charge in [-0.2, -0.15) is 0 Å². The van der Waals surface area contributed by atoms with Crippen LogP contribution in [0.25, 0.3) is 10.9 Å². The Labute approximate surface area is 148 Å². The molecule has 1 aromatic carbocycles. The van der Waals surface area contributed by atoms with Crippen LogP contribution in [0.4, 0.5) is 5.82 Å². The maximum atomic E-state index is 11.9. The van der Waals surface area contributed by atoms with Crippen LogP contribution in [0, 0.1) is 20.8 Å². The molecule has 0 aliphatic carbocycles. The Morgan fingerprint density at radius 1 is 1.20 bits per heavy atom. The van der Waals surface area contributed by atoms with E-state index in [9.17, 15) is 4.79 Å². The van der Waals surface area contributed by atoms with Crippen LogP contribution < -0.4 is 5.32 Å². The zero-order valence-electron chi connectivity index (χ0n) is 15.4. The second kappa shape index (κ2) is 6.59. The van der Waals surface area contributed by atoms with Gasteiger partial charge in [-0.25, -0.2) is 4.98 Å². The molecule has 1 amide bonds. The highest BCUT2D eigenvalue weighted by Crippen LogP contribution is 2.26. The van der Waals surface area contributed by atoms with Gasteiger partial charge in [0.1, 0.15) is 5.82 Å². The molecule has 2 heterocycles. The van der Waals surface area contributed by atoms with Crippen molar-refractivity contribution in [2.24, 2.45) is 0 Å². The van der Waals surface area contributed by atoms with Gasteiger partial charge in [0, 0.05) is 37.9 Å². The van der Waals surface area contributed by atoms with Crippen molar-refractivity contribution in [1.82, 2.24) is 14.9 Å². The van der Waals surface area contributed by atoms with Gasteiger partial charge in [-0.05, 0) is 50.1 Å². The summed E-state index contributed by atoms with van der Waals surface area (Å²) in [5.74, 6) is 0.710. The first kappa shape index (κ1) is 17.0. The van der Waals surface area contributed by atoms with Gasteiger partial charge in [-0.15, -0.1) is 0 Å². The van der Waals surface area contributed by atoms with Crippen LogP contribution in [0.2, 0.25) is 0 Å². The predicted molar refractivity (Wildman–Crippen MR) is 102 cm³/mol. The molecule has 2 N–H and O–H groups in total. The average molecular weight is 336 g/mol. The van der Waals surface area contributed by atoms with Gasteiger partial charge in [0.2, 0.25) is 0 Å². The van der Waals surface area contributed by atoms with Gasteiger partial charge in [-0.3, -0.25) is 4.79 Å². The minimum absolute atomic E-state index is 0.0446. The fourth-order valence-corrected chi connectivity index (χ4v) is 3.00. The Morgan fingerprint density at radius 2 is 1.96 bits per heavy atom. The quantitative estimate of drug-likeness (QED) is 0.762. The second-order valence-corrected chi connectivity index (χ2v) is 6.71. The zero-order valence-corrected chi connectivity index (χ0v) is 15.4. The predicted octanol–water partition coefficient (Wildman–Crippen LogP) is 3.80. The van der Waals surface area contributed by atoms with Crippen molar-refractivity contribution in [2.45, 2.75) is 27.3 Å². The Kier molecular flexibility index (Phi) is 4.49. The number of aromatic amines is 1. The number of carbonyl (C=O) groups excluding carboxylic acids is 1. The van der Waals surface area contributed by atoms with Crippen molar-refractivity contribution in [2.75, 3.05) is 19.4 Å². The van der Waals surface area contributed by atoms with Crippen LogP contribution in [-0.2, 0) is 6.54 Å². The maximum absolute atomic E-state index is 11.9. The number of fused-ring (bicyclic) bond motifs is 1. The summed E-state index contributed by atoms with van der Waals surface area (Å²) in [6, 6.07) is 8.05. The monoisotopic (exact) mass is 336 g/mol. The summed E-state index contributed by atoms with van der Waals surface area (Å²) >= 11 is 0. The molecule has 3 rings (SSSR count). The first-order chi connectivity index (χ1) is 11.9. The van der Waals surface area contributed by atoms with Crippen LogP contribution in [0.15, 0.2) is 30.5 Å². The summed E-state index contributed by atoms with van der Waals surface area (Å²) in [4.78, 5) is 21.3. The lowest BCUT2D eigenvalue weighted by Gasteiger charge is -2.11. The molecule has 0 bridgehead atoms. The van der Waals surface area contributed by atoms with E-state index < -0.39 is 0 Å². The standard InChI is InChI=1S/C20H24N4O/c1-12-8-16(19-17(9-12)13(2)14(3)23-19)11-22-18-7-6-15(10-21-18)20(25)24(4)5/h6-10,23H,11H2,1-5H3,(H,21,22). The lowest BCUT2D eigenvalue weighted by molar-refractivity contribution is 0.0827. The highest BCUT2D eigenvalue weighted by atomic mass is 16.2. The third-order valence-electron chi connectivity index (χ3n) is 4.52. The van der Waals surface area contributed by atoms with Gasteiger partial charge in [0.05, 0.1) is 11.1 Å². The molecule has 25 heavy (non-hydrogen) atoms. The number of nitrogens with one attached hydrogen (secondary N) is 2. The molecular formula is C20H24N4O. The van der Waals surface area contributed by atoms with Crippen molar-refractivity contribution in [3.63, 3.8) is 0 Å². The zero-order chi connectivity index (χ0) is 18.1. The Bertz CT molecular complexity index is 923. The Hall–Kier alpha value is -2.82. The number of rotatable bonds is 4. The van der Waals surface area contributed by atoms with Crippen LogP contribution in [0.3, 0.4) is 0 Å². The van der Waals surface area contributed by atoms with Gasteiger partial charge >= 0.3 is 0 Å². The van der Waals surface area contributed by atoms with Crippen molar-refractivity contribution in [1.29, 1.82) is 0 Å². The van der Waals surface area contributed by atoms with E-state index in [1.54, 1.807) is 31.3 Å². The molecule has 0 atom stereocenters. The molecule has 0 aliphatic rings. The first-order valence-electron chi connectivity index (χ1n) is 8.37. The van der Waals surface area contributed by atoms with Crippen molar-refractivity contribution < 1.29 is 4.79 Å². The Morgan fingerprint density at radius 3 is 2.60 bits per heavy atom. The van der Waals surface area contributed by atoms with E-state index in [-0.39, 0.29) is 5.91 Å². The number of nitrogens with zero attached hydrogens (tertiary/aromatic N) is 2. The molecule has 0 saturated carbocycles. The summed E-state index contributed by atoms with van der Waals surface area (Å²) in [7, 11) is 3.47. The summed E-state index contributed by atoms with van der Waals surface area (Å²) in [6.07, 6.45) is 1.61. The lowest BCUT2D eigenvalue weighted by atomic mass is 10.0. The van der Waals surface area contributed by atoms with E-state index in [0.29, 0.717) is 12.1 Å². The maximum Gasteiger partial charge on any atom is 0.254 e. The lowest BCUT2D eigenvalue weighted by Crippen LogP contribution is -2.21. The molecule has 2 aromatic heterocycles. The highest BCUT2D eigenvalue weighted by Gasteiger charge is 2.11. The van der Waals surface area contributed by atoms with E-state index in [0.717, 1.165) is 5.82 Å². The second-order valence-electron chi connectivity index (χ2n) is 6.71. The number of carbonyl (C=O) groups is 1. The number of anilines is 1. The average Bonchev–Trinajstić information content (AvgIpc) is 2.87. The van der Waals surface area contributed by atoms with E-state index in [4.69, 9.17) is 0 Å². The number of pyridine rings is 1. The molecule has 0 unspecified atom stereocenters. The number of hydrogen-bond acceptors (Lipinski definition) is 3. The third kappa shape index (κ3) is 3.36. The summed E-state index contributed by atoms with van der Waals surface area (Å²) in [6.45, 7) is 7.03. The number of H-pyrrole nitrogens is 1. The molecule has 5 heteroatoms. The van der Waals surface area contributed by atoms with Gasteiger partial charge in [-0.1, -0.05) is 11.6 Å². The van der Waals surface area contributed by atoms with Crippen LogP contribution in [0.5, 0.6) is 0 Å². The minimum Gasteiger partial charge on any atom is -0.366 e. The highest BCUT2D eigenvalue weighted by molar-refractivity contribution is 5.93. The number of aryl methyl sites for hydroxylation is 3. The molecule has 0 aliphatic heterocycles. The van der Waals surface area contributed by atoms with E-state index >= 15 is 0 Å². The molecule has 5 nitrogen and oxygen atoms in total. The molecular weight excluding hydrogens is 312 g/mol. The summed E-state index contributed by atoms with van der Waals surface area (Å²) in [5.41, 5.74) is 6.71. The number of amides is 1. The van der Waals surface area contributed by atoms with Crippen molar-refractivity contribution in [3.8, 4) is 0 Å². The minimum atomic E-state index is -0.0446. The van der Waals surface area contributed by atoms with Gasteiger partial charge in [0.15, 0.2) is 0 Å². The summed E-state index contributed by atoms with van der Waals surface area (Å²) in [5, 5.41) is 4.62. The van der Waals surface area contributed by atoms with Gasteiger partial charge in [0.25, 0.3) is 5.91 Å². The van der Waals surface area contributed by atoms with E-state index in [2.05, 4.69) is 48.2 Å². The smallest absolute Gasteiger partial charge is 0.254 e. The molecule has 3 aromatic rings. The van der Waals surface area contributed by atoms with Gasteiger partial charge < -0.3 is 15.2 Å². The summed E-state index contributed by atoms with van der Waals surface area (Å²) < 4.78 is 0. The fraction of sp³-hybridized carbons (Fsp3) is 0.300. The molecule has 0 fully saturated rings. The first-order valence-corrected chi connectivity index (χ1v) is 8.37. The van der Waals surface area contributed by atoms with E-state index in [1.807, 2.05) is 6.07 Å². The Balaban J connectivity index is 1.81. The topological polar surface area (TPSA) is 61.0 Å². The normalized spacial score (nSPS) is 10.9. The molecule has 0 radical (unpaired) electrons. The molecule has 0 saturated heterocycles. The van der Waals surface area contributed by atoms with Crippen LogP contribution in [0.1, 0.15) is 32.7 Å². The van der Waals surface area contributed by atoms with Crippen LogP contribution in [-0.4, -0.2) is 34.9 Å².